The summed E-state index contributed by atoms with van der Waals surface area (Å²) in [5.41, 5.74) is 1.35. The van der Waals surface area contributed by atoms with Gasteiger partial charge < -0.3 is 14.8 Å². The zero-order chi connectivity index (χ0) is 20.3. The van der Waals surface area contributed by atoms with Crippen LogP contribution < -0.4 is 10.2 Å². The van der Waals surface area contributed by atoms with E-state index in [9.17, 15) is 17.5 Å². The molecule has 0 amide bonds. The molecule has 0 aromatic carbocycles. The molecule has 5 heterocycles. The van der Waals surface area contributed by atoms with E-state index in [-0.39, 0.29) is 26.3 Å². The van der Waals surface area contributed by atoms with Crippen molar-refractivity contribution >= 4 is 45.2 Å². The third-order valence-corrected chi connectivity index (χ3v) is 7.18. The summed E-state index contributed by atoms with van der Waals surface area (Å²) in [6.07, 6.45) is -0.320. The first-order chi connectivity index (χ1) is 13.9. The van der Waals surface area contributed by atoms with Gasteiger partial charge in [0, 0.05) is 36.1 Å². The first kappa shape index (κ1) is 19.2. The van der Waals surface area contributed by atoms with Gasteiger partial charge in [0.25, 0.3) is 6.43 Å². The van der Waals surface area contributed by atoms with E-state index in [0.717, 1.165) is 32.6 Å². The van der Waals surface area contributed by atoms with E-state index < -0.39 is 22.5 Å². The smallest absolute Gasteiger partial charge is 0.291 e. The van der Waals surface area contributed by atoms with Crippen molar-refractivity contribution in [1.29, 1.82) is 0 Å². The number of anilines is 1. The van der Waals surface area contributed by atoms with E-state index in [0.29, 0.717) is 22.5 Å². The van der Waals surface area contributed by atoms with Crippen LogP contribution in [0.2, 0.25) is 5.15 Å². The van der Waals surface area contributed by atoms with Crippen LogP contribution in [0.25, 0.3) is 16.3 Å². The van der Waals surface area contributed by atoms with Gasteiger partial charge in [-0.1, -0.05) is 22.9 Å². The molecule has 3 aromatic rings. The Bertz CT molecular complexity index is 1120. The minimum absolute atomic E-state index is 0.0481. The minimum Gasteiger partial charge on any atom is -0.768 e. The highest BCUT2D eigenvalue weighted by Crippen LogP contribution is 2.43. The zero-order valence-electron chi connectivity index (χ0n) is 14.8. The molecule has 1 N–H and O–H groups in total. The van der Waals surface area contributed by atoms with Crippen LogP contribution in [-0.2, 0) is 11.1 Å². The SMILES string of the molecule is O=S([O-])c1cc(N2CC3(CCNC3)C2)c2c(Cl)nc(-c3nnc(C(F)F)s3)n2c1. The first-order valence-electron chi connectivity index (χ1n) is 8.75. The molecular weight excluding hydrogens is 446 g/mol. The van der Waals surface area contributed by atoms with Gasteiger partial charge in [-0.15, -0.1) is 10.2 Å². The standard InChI is InChI=1S/C16H15ClF2N6O2S2/c17-11-10-9(24-6-16(7-24)1-2-20-5-16)3-8(29(26)27)4-25(10)13(21-11)15-23-22-14(28-15)12(18)19/h3-4,12,20H,1-2,5-7H2,(H,26,27)/p-1. The molecule has 0 radical (unpaired) electrons. The van der Waals surface area contributed by atoms with Gasteiger partial charge in [-0.25, -0.2) is 13.8 Å². The van der Waals surface area contributed by atoms with E-state index in [1.165, 1.54) is 10.6 Å². The third kappa shape index (κ3) is 3.13. The maximum atomic E-state index is 12.9. The molecular formula is C16H14ClF2N6O2S2-. The maximum Gasteiger partial charge on any atom is 0.291 e. The van der Waals surface area contributed by atoms with Crippen LogP contribution in [0.4, 0.5) is 14.5 Å². The molecule has 29 heavy (non-hydrogen) atoms. The van der Waals surface area contributed by atoms with Crippen LogP contribution in [-0.4, -0.2) is 54.5 Å². The van der Waals surface area contributed by atoms with Crippen LogP contribution in [0.5, 0.6) is 0 Å². The van der Waals surface area contributed by atoms with Gasteiger partial charge in [0.2, 0.25) is 0 Å². The van der Waals surface area contributed by atoms with E-state index in [2.05, 4.69) is 25.4 Å². The average Bonchev–Trinajstić information content (AvgIpc) is 3.38. The monoisotopic (exact) mass is 459 g/mol. The van der Waals surface area contributed by atoms with Crippen molar-refractivity contribution in [3.63, 3.8) is 0 Å². The summed E-state index contributed by atoms with van der Waals surface area (Å²) in [4.78, 5) is 6.39. The van der Waals surface area contributed by atoms with Crippen LogP contribution in [0.15, 0.2) is 17.2 Å². The Morgan fingerprint density at radius 2 is 2.17 bits per heavy atom. The summed E-state index contributed by atoms with van der Waals surface area (Å²) < 4.78 is 50.7. The Labute approximate surface area is 175 Å². The highest BCUT2D eigenvalue weighted by Gasteiger charge is 2.45. The molecule has 3 aromatic heterocycles. The van der Waals surface area contributed by atoms with Gasteiger partial charge >= 0.3 is 0 Å². The first-order valence-corrected chi connectivity index (χ1v) is 11.0. The quantitative estimate of drug-likeness (QED) is 0.598. The van der Waals surface area contributed by atoms with Crippen molar-refractivity contribution in [3.8, 4) is 10.8 Å². The number of halogens is 3. The molecule has 2 aliphatic heterocycles. The highest BCUT2D eigenvalue weighted by atomic mass is 35.5. The average molecular weight is 460 g/mol. The third-order valence-electron chi connectivity index (χ3n) is 5.38. The van der Waals surface area contributed by atoms with Crippen LogP contribution in [0.3, 0.4) is 0 Å². The fraction of sp³-hybridized carbons (Fsp3) is 0.438. The van der Waals surface area contributed by atoms with Gasteiger partial charge in [-0.2, -0.15) is 0 Å². The molecule has 1 atom stereocenters. The second kappa shape index (κ2) is 6.91. The molecule has 2 aliphatic rings. The predicted molar refractivity (Wildman–Crippen MR) is 103 cm³/mol. The summed E-state index contributed by atoms with van der Waals surface area (Å²) in [6, 6.07) is 1.57. The van der Waals surface area contributed by atoms with Crippen molar-refractivity contribution in [1.82, 2.24) is 24.9 Å². The maximum absolute atomic E-state index is 12.9. The molecule has 0 aliphatic carbocycles. The lowest BCUT2D eigenvalue weighted by Gasteiger charge is -2.49. The minimum atomic E-state index is -2.75. The number of hydrogen-bond acceptors (Lipinski definition) is 8. The van der Waals surface area contributed by atoms with Gasteiger partial charge in [-0.05, 0) is 30.1 Å². The molecule has 2 saturated heterocycles. The number of nitrogens with zero attached hydrogens (tertiary/aromatic N) is 5. The lowest BCUT2D eigenvalue weighted by molar-refractivity contribution is 0.150. The molecule has 1 spiro atoms. The van der Waals surface area contributed by atoms with E-state index in [1.54, 1.807) is 6.07 Å². The number of rotatable bonds is 4. The predicted octanol–water partition coefficient (Wildman–Crippen LogP) is 2.48. The molecule has 5 rings (SSSR count). The van der Waals surface area contributed by atoms with Gasteiger partial charge in [0.05, 0.1) is 5.69 Å². The van der Waals surface area contributed by atoms with Gasteiger partial charge in [0.1, 0.15) is 5.52 Å². The Morgan fingerprint density at radius 1 is 1.38 bits per heavy atom. The number of nitrogens with one attached hydrogen (secondary N) is 1. The zero-order valence-corrected chi connectivity index (χ0v) is 17.2. The van der Waals surface area contributed by atoms with Crippen molar-refractivity contribution in [2.24, 2.45) is 5.41 Å². The molecule has 0 bridgehead atoms. The molecule has 13 heteroatoms. The summed E-state index contributed by atoms with van der Waals surface area (Å²) in [6.45, 7) is 3.44. The summed E-state index contributed by atoms with van der Waals surface area (Å²) in [7, 11) is 0. The summed E-state index contributed by atoms with van der Waals surface area (Å²) in [5.74, 6) is 0.181. The molecule has 2 fully saturated rings. The largest absolute Gasteiger partial charge is 0.768 e. The van der Waals surface area contributed by atoms with Crippen molar-refractivity contribution in [2.45, 2.75) is 17.7 Å². The Kier molecular flexibility index (Phi) is 4.59. The number of alkyl halides is 2. The normalized spacial score (nSPS) is 19.4. The van der Waals surface area contributed by atoms with E-state index in [4.69, 9.17) is 11.6 Å². The fourth-order valence-corrected chi connectivity index (χ4v) is 5.38. The van der Waals surface area contributed by atoms with Crippen LogP contribution in [0.1, 0.15) is 17.9 Å². The number of hydrogen-bond donors (Lipinski definition) is 1. The fourth-order valence-electron chi connectivity index (χ4n) is 4.02. The Hall–Kier alpha value is -1.73. The number of pyridine rings is 1. The van der Waals surface area contributed by atoms with E-state index in [1.807, 2.05) is 0 Å². The lowest BCUT2D eigenvalue weighted by atomic mass is 9.79. The van der Waals surface area contributed by atoms with Gasteiger partial charge in [0.15, 0.2) is 21.0 Å². The topological polar surface area (TPSA) is 98.5 Å². The van der Waals surface area contributed by atoms with Crippen molar-refractivity contribution in [2.75, 3.05) is 31.1 Å². The summed E-state index contributed by atoms with van der Waals surface area (Å²) in [5, 5.41) is 10.5. The highest BCUT2D eigenvalue weighted by molar-refractivity contribution is 7.79. The Morgan fingerprint density at radius 3 is 2.79 bits per heavy atom. The second-order valence-corrected chi connectivity index (χ2v) is 9.58. The van der Waals surface area contributed by atoms with E-state index >= 15 is 0 Å². The van der Waals surface area contributed by atoms with Crippen LogP contribution in [0, 0.1) is 5.41 Å². The number of aromatic nitrogens is 4. The van der Waals surface area contributed by atoms with Crippen molar-refractivity contribution in [3.05, 3.63) is 22.4 Å². The Balaban J connectivity index is 1.63. The second-order valence-electron chi connectivity index (χ2n) is 7.27. The summed E-state index contributed by atoms with van der Waals surface area (Å²) >= 11 is 4.60. The number of fused-ring (bicyclic) bond motifs is 1. The molecule has 8 nitrogen and oxygen atoms in total. The van der Waals surface area contributed by atoms with Crippen molar-refractivity contribution < 1.29 is 17.5 Å². The van der Waals surface area contributed by atoms with Crippen LogP contribution >= 0.6 is 22.9 Å². The molecule has 1 unspecified atom stereocenters. The lowest BCUT2D eigenvalue weighted by Crippen LogP contribution is -2.57. The number of imidazole rings is 1. The van der Waals surface area contributed by atoms with Gasteiger partial charge in [-0.3, -0.25) is 8.61 Å². The molecule has 0 saturated carbocycles. The molecule has 154 valence electrons.